The highest BCUT2D eigenvalue weighted by Gasteiger charge is 2.21. The number of carboxylic acids is 1. The molecule has 2 N–H and O–H groups in total. The Morgan fingerprint density at radius 3 is 2.67 bits per heavy atom. The van der Waals surface area contributed by atoms with Gasteiger partial charge in [0.2, 0.25) is 5.91 Å². The van der Waals surface area contributed by atoms with Crippen molar-refractivity contribution in [2.75, 3.05) is 19.6 Å². The summed E-state index contributed by atoms with van der Waals surface area (Å²) in [7, 11) is 0. The number of thiophene rings is 1. The quantitative estimate of drug-likeness (QED) is 0.813. The van der Waals surface area contributed by atoms with Crippen LogP contribution in [0.15, 0.2) is 12.1 Å². The van der Waals surface area contributed by atoms with Crippen LogP contribution in [0.25, 0.3) is 0 Å². The van der Waals surface area contributed by atoms with Gasteiger partial charge in [0.1, 0.15) is 4.88 Å². The Hall–Kier alpha value is -1.89. The number of hydrogen-bond acceptors (Lipinski definition) is 4. The van der Waals surface area contributed by atoms with Crippen molar-refractivity contribution in [2.24, 2.45) is 0 Å². The van der Waals surface area contributed by atoms with E-state index in [-0.39, 0.29) is 23.1 Å². The number of carbonyl (C=O) groups excluding carboxylic acids is 2. The standard InChI is InChI=1S/C11H12N2O4S/c14-9-3-5-13(6-4-12-9)10(15)7-1-2-8(18-7)11(16)17/h1-2H,3-6H2,(H,12,14)(H,16,17). The van der Waals surface area contributed by atoms with Crippen LogP contribution in [0, 0.1) is 0 Å². The number of amides is 2. The molecule has 2 amide bonds. The molecule has 0 bridgehead atoms. The van der Waals surface area contributed by atoms with Crippen molar-refractivity contribution in [2.45, 2.75) is 6.42 Å². The summed E-state index contributed by atoms with van der Waals surface area (Å²) in [4.78, 5) is 36.1. The van der Waals surface area contributed by atoms with E-state index in [1.54, 1.807) is 4.90 Å². The van der Waals surface area contributed by atoms with Crippen LogP contribution < -0.4 is 5.32 Å². The van der Waals surface area contributed by atoms with Gasteiger partial charge in [-0.2, -0.15) is 0 Å². The molecule has 18 heavy (non-hydrogen) atoms. The maximum Gasteiger partial charge on any atom is 0.345 e. The van der Waals surface area contributed by atoms with E-state index in [9.17, 15) is 14.4 Å². The summed E-state index contributed by atoms with van der Waals surface area (Å²) in [6, 6.07) is 2.93. The predicted molar refractivity (Wildman–Crippen MR) is 64.8 cm³/mol. The molecule has 1 aromatic rings. The minimum absolute atomic E-state index is 0.0669. The molecule has 0 saturated carbocycles. The first-order valence-corrected chi connectivity index (χ1v) is 6.28. The molecule has 0 spiro atoms. The SMILES string of the molecule is O=C1CCN(C(=O)c2ccc(C(=O)O)s2)CCN1. The Bertz CT molecular complexity index is 497. The van der Waals surface area contributed by atoms with Gasteiger partial charge in [-0.3, -0.25) is 9.59 Å². The topological polar surface area (TPSA) is 86.7 Å². The van der Waals surface area contributed by atoms with E-state index in [1.165, 1.54) is 12.1 Å². The number of nitrogens with one attached hydrogen (secondary N) is 1. The molecule has 1 aliphatic heterocycles. The molecular formula is C11H12N2O4S. The van der Waals surface area contributed by atoms with Crippen molar-refractivity contribution in [1.82, 2.24) is 10.2 Å². The number of carboxylic acid groups (broad SMARTS) is 1. The van der Waals surface area contributed by atoms with Crippen LogP contribution in [0.4, 0.5) is 0 Å². The zero-order valence-electron chi connectivity index (χ0n) is 9.51. The summed E-state index contributed by atoms with van der Waals surface area (Å²) in [6.07, 6.45) is 0.281. The Labute approximate surface area is 107 Å². The van der Waals surface area contributed by atoms with Gasteiger partial charge < -0.3 is 15.3 Å². The van der Waals surface area contributed by atoms with Gasteiger partial charge in [0.15, 0.2) is 0 Å². The summed E-state index contributed by atoms with van der Waals surface area (Å²) in [5.74, 6) is -1.32. The van der Waals surface area contributed by atoms with Crippen LogP contribution in [0.5, 0.6) is 0 Å². The maximum absolute atomic E-state index is 12.1. The molecule has 96 valence electrons. The van der Waals surface area contributed by atoms with Gasteiger partial charge in [-0.05, 0) is 12.1 Å². The molecule has 7 heteroatoms. The average Bonchev–Trinajstić information content (AvgIpc) is 2.73. The van der Waals surface area contributed by atoms with E-state index in [1.807, 2.05) is 0 Å². The summed E-state index contributed by atoms with van der Waals surface area (Å²) in [5, 5.41) is 11.5. The lowest BCUT2D eigenvalue weighted by Crippen LogP contribution is -2.33. The Morgan fingerprint density at radius 2 is 2.00 bits per heavy atom. The second-order valence-electron chi connectivity index (χ2n) is 3.86. The zero-order valence-corrected chi connectivity index (χ0v) is 10.3. The molecule has 1 fully saturated rings. The molecule has 2 rings (SSSR count). The fourth-order valence-electron chi connectivity index (χ4n) is 1.69. The van der Waals surface area contributed by atoms with Gasteiger partial charge >= 0.3 is 5.97 Å². The van der Waals surface area contributed by atoms with Crippen molar-refractivity contribution >= 4 is 29.1 Å². The molecular weight excluding hydrogens is 256 g/mol. The fraction of sp³-hybridized carbons (Fsp3) is 0.364. The van der Waals surface area contributed by atoms with Crippen molar-refractivity contribution in [3.05, 3.63) is 21.9 Å². The van der Waals surface area contributed by atoms with Crippen molar-refractivity contribution in [1.29, 1.82) is 0 Å². The van der Waals surface area contributed by atoms with Crippen LogP contribution in [0.2, 0.25) is 0 Å². The third-order valence-electron chi connectivity index (χ3n) is 2.63. The van der Waals surface area contributed by atoms with Gasteiger partial charge in [-0.1, -0.05) is 0 Å². The summed E-state index contributed by atoms with van der Waals surface area (Å²) in [5.41, 5.74) is 0. The highest BCUT2D eigenvalue weighted by molar-refractivity contribution is 7.15. The Morgan fingerprint density at radius 1 is 1.28 bits per heavy atom. The highest BCUT2D eigenvalue weighted by Crippen LogP contribution is 2.18. The summed E-state index contributed by atoms with van der Waals surface area (Å²) < 4.78 is 0. The van der Waals surface area contributed by atoms with E-state index in [2.05, 4.69) is 5.32 Å². The number of hydrogen-bond donors (Lipinski definition) is 2. The molecule has 0 aromatic carbocycles. The lowest BCUT2D eigenvalue weighted by Gasteiger charge is -2.18. The Balaban J connectivity index is 2.09. The van der Waals surface area contributed by atoms with Crippen LogP contribution in [0.1, 0.15) is 25.8 Å². The number of carbonyl (C=O) groups is 3. The molecule has 6 nitrogen and oxygen atoms in total. The molecule has 0 unspecified atom stereocenters. The van der Waals surface area contributed by atoms with Crippen LogP contribution in [-0.2, 0) is 4.79 Å². The molecule has 1 aromatic heterocycles. The van der Waals surface area contributed by atoms with Crippen molar-refractivity contribution in [3.63, 3.8) is 0 Å². The van der Waals surface area contributed by atoms with Crippen molar-refractivity contribution in [3.8, 4) is 0 Å². The fourth-order valence-corrected chi connectivity index (χ4v) is 2.51. The minimum Gasteiger partial charge on any atom is -0.477 e. The van der Waals surface area contributed by atoms with E-state index >= 15 is 0 Å². The van der Waals surface area contributed by atoms with E-state index in [0.717, 1.165) is 11.3 Å². The lowest BCUT2D eigenvalue weighted by molar-refractivity contribution is -0.120. The highest BCUT2D eigenvalue weighted by atomic mass is 32.1. The molecule has 0 radical (unpaired) electrons. The number of rotatable bonds is 2. The maximum atomic E-state index is 12.1. The molecule has 1 aliphatic rings. The van der Waals surface area contributed by atoms with Crippen LogP contribution in [-0.4, -0.2) is 47.4 Å². The average molecular weight is 268 g/mol. The third-order valence-corrected chi connectivity index (χ3v) is 3.69. The van der Waals surface area contributed by atoms with Gasteiger partial charge in [0.25, 0.3) is 5.91 Å². The number of aromatic carboxylic acids is 1. The number of nitrogens with zero attached hydrogens (tertiary/aromatic N) is 1. The van der Waals surface area contributed by atoms with Crippen LogP contribution in [0.3, 0.4) is 0 Å². The summed E-state index contributed by atoms with van der Waals surface area (Å²) in [6.45, 7) is 1.25. The van der Waals surface area contributed by atoms with Crippen molar-refractivity contribution < 1.29 is 19.5 Å². The smallest absolute Gasteiger partial charge is 0.345 e. The van der Waals surface area contributed by atoms with Gasteiger partial charge in [-0.15, -0.1) is 11.3 Å². The first-order valence-electron chi connectivity index (χ1n) is 5.47. The van der Waals surface area contributed by atoms with Gasteiger partial charge in [0, 0.05) is 26.1 Å². The lowest BCUT2D eigenvalue weighted by atomic mass is 10.3. The third kappa shape index (κ3) is 2.67. The van der Waals surface area contributed by atoms with Crippen LogP contribution >= 0.6 is 11.3 Å². The zero-order chi connectivity index (χ0) is 13.1. The minimum atomic E-state index is -1.04. The second kappa shape index (κ2) is 5.18. The first kappa shape index (κ1) is 12.6. The van der Waals surface area contributed by atoms with E-state index in [0.29, 0.717) is 24.5 Å². The Kier molecular flexibility index (Phi) is 3.61. The first-order chi connectivity index (χ1) is 8.58. The normalized spacial score (nSPS) is 16.0. The second-order valence-corrected chi connectivity index (χ2v) is 4.94. The summed E-state index contributed by atoms with van der Waals surface area (Å²) >= 11 is 0.954. The van der Waals surface area contributed by atoms with Gasteiger partial charge in [-0.25, -0.2) is 4.79 Å². The molecule has 0 aliphatic carbocycles. The largest absolute Gasteiger partial charge is 0.477 e. The molecule has 1 saturated heterocycles. The molecule has 2 heterocycles. The molecule has 0 atom stereocenters. The van der Waals surface area contributed by atoms with Gasteiger partial charge in [0.05, 0.1) is 4.88 Å². The predicted octanol–water partition coefficient (Wildman–Crippen LogP) is 0.408. The van der Waals surface area contributed by atoms with E-state index in [4.69, 9.17) is 5.11 Å². The van der Waals surface area contributed by atoms with E-state index < -0.39 is 5.97 Å². The monoisotopic (exact) mass is 268 g/mol.